The van der Waals surface area contributed by atoms with Gasteiger partial charge in [0.2, 0.25) is 0 Å². The largest absolute Gasteiger partial charge is 0.387 e. The summed E-state index contributed by atoms with van der Waals surface area (Å²) in [6.45, 7) is 0.191. The normalized spacial score (nSPS) is 14.3. The molecule has 1 aliphatic carbocycles. The average Bonchev–Trinajstić information content (AvgIpc) is 3.26. The minimum atomic E-state index is 0.191. The Bertz CT molecular complexity index is 1170. The third-order valence-electron chi connectivity index (χ3n) is 4.70. The van der Waals surface area contributed by atoms with Gasteiger partial charge in [-0.1, -0.05) is 35.0 Å². The molecule has 0 saturated heterocycles. The molecule has 4 aromatic rings. The van der Waals surface area contributed by atoms with Gasteiger partial charge in [0.1, 0.15) is 11.2 Å². The summed E-state index contributed by atoms with van der Waals surface area (Å²) in [4.78, 5) is 17.1. The maximum Gasteiger partial charge on any atom is 0.192 e. The molecule has 0 atom stereocenters. The first-order chi connectivity index (χ1) is 13.3. The minimum absolute atomic E-state index is 0.191. The molecule has 0 amide bonds. The Morgan fingerprint density at radius 3 is 3.07 bits per heavy atom. The number of thiophene rings is 1. The lowest BCUT2D eigenvalue weighted by molar-refractivity contribution is 0.126. The van der Waals surface area contributed by atoms with E-state index in [1.54, 1.807) is 28.4 Å². The van der Waals surface area contributed by atoms with Crippen LogP contribution in [0.2, 0.25) is 5.02 Å². The van der Waals surface area contributed by atoms with Crippen LogP contribution >= 0.6 is 22.9 Å². The number of rotatable bonds is 4. The van der Waals surface area contributed by atoms with Gasteiger partial charge in [-0.3, -0.25) is 0 Å². The summed E-state index contributed by atoms with van der Waals surface area (Å²) in [6, 6.07) is 7.46. The highest BCUT2D eigenvalue weighted by Gasteiger charge is 2.20. The van der Waals surface area contributed by atoms with Gasteiger partial charge in [0.25, 0.3) is 0 Å². The molecule has 0 unspecified atom stereocenters. The Hall–Kier alpha value is -2.51. The number of hydrogen-bond donors (Lipinski definition) is 0. The second kappa shape index (κ2) is 6.90. The summed E-state index contributed by atoms with van der Waals surface area (Å²) in [5, 5.41) is 10.2. The Labute approximate surface area is 164 Å². The summed E-state index contributed by atoms with van der Waals surface area (Å²) >= 11 is 7.88. The Kier molecular flexibility index (Phi) is 4.26. The molecule has 0 aliphatic heterocycles. The van der Waals surface area contributed by atoms with Crippen molar-refractivity contribution in [2.24, 2.45) is 5.16 Å². The summed E-state index contributed by atoms with van der Waals surface area (Å²) in [6.07, 6.45) is 8.03. The van der Waals surface area contributed by atoms with E-state index in [1.165, 1.54) is 23.3 Å². The molecule has 0 saturated carbocycles. The fourth-order valence-corrected chi connectivity index (χ4v) is 4.84. The Balaban J connectivity index is 1.41. The molecule has 136 valence electrons. The molecule has 0 spiro atoms. The third kappa shape index (κ3) is 3.07. The fraction of sp³-hybridized carbons (Fsp3) is 0.263. The first-order valence-corrected chi connectivity index (χ1v) is 10.0. The molecule has 0 N–H and O–H groups in total. The van der Waals surface area contributed by atoms with Crippen LogP contribution in [0, 0.1) is 0 Å². The number of oxime groups is 1. The van der Waals surface area contributed by atoms with Crippen LogP contribution in [0.1, 0.15) is 34.7 Å². The van der Waals surface area contributed by atoms with Gasteiger partial charge in [-0.25, -0.2) is 14.5 Å². The van der Waals surface area contributed by atoms with E-state index >= 15 is 0 Å². The summed E-state index contributed by atoms with van der Waals surface area (Å²) < 4.78 is 1.74. The number of aromatic nitrogens is 4. The summed E-state index contributed by atoms with van der Waals surface area (Å²) in [5.41, 5.74) is 3.06. The molecule has 6 nitrogen and oxygen atoms in total. The van der Waals surface area contributed by atoms with Gasteiger partial charge in [-0.2, -0.15) is 0 Å². The van der Waals surface area contributed by atoms with Gasteiger partial charge in [-0.15, -0.1) is 16.4 Å². The van der Waals surface area contributed by atoms with E-state index in [1.807, 2.05) is 24.3 Å². The molecule has 27 heavy (non-hydrogen) atoms. The smallest absolute Gasteiger partial charge is 0.192 e. The van der Waals surface area contributed by atoms with Crippen LogP contribution in [0.4, 0.5) is 0 Å². The van der Waals surface area contributed by atoms with Crippen molar-refractivity contribution in [3.63, 3.8) is 0 Å². The van der Waals surface area contributed by atoms with E-state index in [4.69, 9.17) is 16.4 Å². The third-order valence-corrected chi connectivity index (χ3v) is 6.25. The summed E-state index contributed by atoms with van der Waals surface area (Å²) in [7, 11) is 0. The van der Waals surface area contributed by atoms with Gasteiger partial charge < -0.3 is 4.84 Å². The van der Waals surface area contributed by atoms with Crippen LogP contribution in [0.25, 0.3) is 15.9 Å². The average molecular weight is 398 g/mol. The van der Waals surface area contributed by atoms with Crippen LogP contribution in [0.3, 0.4) is 0 Å². The van der Waals surface area contributed by atoms with Crippen LogP contribution in [0.5, 0.6) is 0 Å². The zero-order valence-electron chi connectivity index (χ0n) is 14.4. The quantitative estimate of drug-likeness (QED) is 0.377. The van der Waals surface area contributed by atoms with Crippen LogP contribution in [-0.2, 0) is 24.3 Å². The van der Waals surface area contributed by atoms with Crippen LogP contribution < -0.4 is 0 Å². The highest BCUT2D eigenvalue weighted by Crippen LogP contribution is 2.36. The molecular formula is C19H16ClN5OS. The number of nitrogens with zero attached hydrogens (tertiary/aromatic N) is 5. The number of benzene rings is 1. The summed E-state index contributed by atoms with van der Waals surface area (Å²) in [5.74, 6) is 0.580. The van der Waals surface area contributed by atoms with E-state index in [2.05, 4.69) is 20.2 Å². The van der Waals surface area contributed by atoms with Crippen molar-refractivity contribution in [3.05, 3.63) is 57.4 Å². The van der Waals surface area contributed by atoms with Crippen molar-refractivity contribution in [2.45, 2.75) is 32.3 Å². The van der Waals surface area contributed by atoms with Crippen molar-refractivity contribution in [3.8, 4) is 0 Å². The zero-order valence-corrected chi connectivity index (χ0v) is 16.0. The van der Waals surface area contributed by atoms with Gasteiger partial charge in [-0.05, 0) is 37.3 Å². The van der Waals surface area contributed by atoms with Gasteiger partial charge in [0, 0.05) is 15.5 Å². The second-order valence-corrected chi connectivity index (χ2v) is 7.95. The lowest BCUT2D eigenvalue weighted by atomic mass is 9.97. The predicted octanol–water partition coefficient (Wildman–Crippen LogP) is 4.42. The molecule has 5 rings (SSSR count). The van der Waals surface area contributed by atoms with Crippen LogP contribution in [-0.4, -0.2) is 25.8 Å². The lowest BCUT2D eigenvalue weighted by Gasteiger charge is -2.09. The number of fused-ring (bicyclic) bond motifs is 5. The molecule has 0 radical (unpaired) electrons. The molecule has 1 aromatic carbocycles. The Morgan fingerprint density at radius 2 is 2.15 bits per heavy atom. The topological polar surface area (TPSA) is 64.7 Å². The standard InChI is InChI=1S/C19H16ClN5OS/c20-14-7-3-1-5-12(14)9-22-26-10-16-23-18-17-13-6-2-4-8-15(13)27-19(17)21-11-25(18)24-16/h1,3,5,7,9,11H,2,4,6,8,10H2/b22-9+. The van der Waals surface area contributed by atoms with Crippen molar-refractivity contribution in [1.29, 1.82) is 0 Å². The minimum Gasteiger partial charge on any atom is -0.387 e. The van der Waals surface area contributed by atoms with Gasteiger partial charge in [0.15, 0.2) is 18.1 Å². The SMILES string of the molecule is Clc1ccccc1/C=N/OCc1nc2c3c4c(sc3ncn2n1)CCCC4. The second-order valence-electron chi connectivity index (χ2n) is 6.46. The first-order valence-electron chi connectivity index (χ1n) is 8.84. The van der Waals surface area contributed by atoms with Crippen molar-refractivity contribution < 1.29 is 4.84 Å². The highest BCUT2D eigenvalue weighted by molar-refractivity contribution is 7.19. The molecule has 8 heteroatoms. The van der Waals surface area contributed by atoms with E-state index in [0.29, 0.717) is 10.8 Å². The number of halogens is 1. The molecule has 1 aliphatic rings. The van der Waals surface area contributed by atoms with Crippen molar-refractivity contribution in [2.75, 3.05) is 0 Å². The zero-order chi connectivity index (χ0) is 18.2. The number of aryl methyl sites for hydroxylation is 2. The molecule has 0 fully saturated rings. The van der Waals surface area contributed by atoms with Gasteiger partial charge in [0.05, 0.1) is 11.6 Å². The Morgan fingerprint density at radius 1 is 1.26 bits per heavy atom. The van der Waals surface area contributed by atoms with E-state index in [-0.39, 0.29) is 6.61 Å². The molecular weight excluding hydrogens is 382 g/mol. The van der Waals surface area contributed by atoms with Crippen LogP contribution in [0.15, 0.2) is 35.7 Å². The van der Waals surface area contributed by atoms with E-state index in [0.717, 1.165) is 34.3 Å². The maximum atomic E-state index is 6.10. The molecule has 0 bridgehead atoms. The maximum absolute atomic E-state index is 6.10. The monoisotopic (exact) mass is 397 g/mol. The first kappa shape index (κ1) is 16.6. The van der Waals surface area contributed by atoms with Gasteiger partial charge >= 0.3 is 0 Å². The number of hydrogen-bond acceptors (Lipinski definition) is 6. The van der Waals surface area contributed by atoms with E-state index in [9.17, 15) is 0 Å². The molecule has 3 aromatic heterocycles. The lowest BCUT2D eigenvalue weighted by Crippen LogP contribution is -1.99. The fourth-order valence-electron chi connectivity index (χ4n) is 3.43. The van der Waals surface area contributed by atoms with Crippen molar-refractivity contribution >= 4 is 45.0 Å². The van der Waals surface area contributed by atoms with Crippen molar-refractivity contribution in [1.82, 2.24) is 19.6 Å². The predicted molar refractivity (Wildman–Crippen MR) is 107 cm³/mol. The van der Waals surface area contributed by atoms with E-state index < -0.39 is 0 Å². The molecule has 3 heterocycles. The highest BCUT2D eigenvalue weighted by atomic mass is 35.5.